The van der Waals surface area contributed by atoms with Gasteiger partial charge in [-0.15, -0.1) is 0 Å². The van der Waals surface area contributed by atoms with Crippen molar-refractivity contribution in [1.29, 1.82) is 0 Å². The fourth-order valence-electron chi connectivity index (χ4n) is 2.64. The largest absolute Gasteiger partial charge is 0.418 e. The first-order valence-electron chi connectivity index (χ1n) is 7.02. The van der Waals surface area contributed by atoms with Crippen molar-refractivity contribution in [1.82, 2.24) is 4.90 Å². The molecule has 1 heterocycles. The van der Waals surface area contributed by atoms with Crippen molar-refractivity contribution < 1.29 is 13.2 Å². The maximum Gasteiger partial charge on any atom is 0.418 e. The van der Waals surface area contributed by atoms with Crippen LogP contribution in [-0.2, 0) is 6.18 Å². The average Bonchev–Trinajstić information content (AvgIpc) is 2.84. The van der Waals surface area contributed by atoms with Crippen LogP contribution in [0.4, 0.5) is 18.9 Å². The van der Waals surface area contributed by atoms with Crippen LogP contribution in [0, 0.1) is 5.92 Å². The molecule has 20 heavy (non-hydrogen) atoms. The van der Waals surface area contributed by atoms with Crippen molar-refractivity contribution in [3.8, 4) is 0 Å². The molecule has 2 nitrogen and oxygen atoms in total. The highest BCUT2D eigenvalue weighted by Gasteiger charge is 2.33. The van der Waals surface area contributed by atoms with E-state index in [1.807, 2.05) is 0 Å². The normalized spacial score (nSPS) is 20.6. The van der Waals surface area contributed by atoms with Gasteiger partial charge in [-0.3, -0.25) is 0 Å². The number of likely N-dealkylation sites (tertiary alicyclic amines) is 1. The topological polar surface area (TPSA) is 15.3 Å². The van der Waals surface area contributed by atoms with Gasteiger partial charge in [-0.1, -0.05) is 12.1 Å². The summed E-state index contributed by atoms with van der Waals surface area (Å²) in [4.78, 5) is 2.36. The summed E-state index contributed by atoms with van der Waals surface area (Å²) in [6, 6.07) is 6.18. The Kier molecular flexibility index (Phi) is 4.58. The van der Waals surface area contributed by atoms with E-state index in [0.717, 1.165) is 25.6 Å². The molecule has 1 aromatic rings. The predicted octanol–water partition coefficient (Wildman–Crippen LogP) is 3.85. The Morgan fingerprint density at radius 2 is 2.00 bits per heavy atom. The van der Waals surface area contributed by atoms with Crippen LogP contribution < -0.4 is 5.32 Å². The third-order valence-electron chi connectivity index (χ3n) is 3.86. The number of rotatable bonds is 4. The monoisotopic (exact) mass is 286 g/mol. The highest BCUT2D eigenvalue weighted by molar-refractivity contribution is 5.52. The van der Waals surface area contributed by atoms with Crippen LogP contribution in [0.25, 0.3) is 0 Å². The molecule has 0 bridgehead atoms. The summed E-state index contributed by atoms with van der Waals surface area (Å²) in [5, 5.41) is 2.97. The Balaban J connectivity index is 1.95. The second kappa shape index (κ2) is 6.04. The Morgan fingerprint density at radius 3 is 2.60 bits per heavy atom. The summed E-state index contributed by atoms with van der Waals surface area (Å²) in [6.07, 6.45) is -3.26. The van der Waals surface area contributed by atoms with E-state index in [1.165, 1.54) is 12.1 Å². The lowest BCUT2D eigenvalue weighted by Crippen LogP contribution is -2.29. The van der Waals surface area contributed by atoms with Gasteiger partial charge in [-0.25, -0.2) is 0 Å². The smallest absolute Gasteiger partial charge is 0.384 e. The maximum atomic E-state index is 12.9. The highest BCUT2D eigenvalue weighted by atomic mass is 19.4. The SMILES string of the molecule is CC(C)N1CCC(CNc2ccccc2C(F)(F)F)C1. The molecule has 112 valence electrons. The predicted molar refractivity (Wildman–Crippen MR) is 74.7 cm³/mol. The summed E-state index contributed by atoms with van der Waals surface area (Å²) >= 11 is 0. The van der Waals surface area contributed by atoms with Gasteiger partial charge < -0.3 is 10.2 Å². The zero-order valence-electron chi connectivity index (χ0n) is 11.9. The van der Waals surface area contributed by atoms with Gasteiger partial charge in [0.25, 0.3) is 0 Å². The maximum absolute atomic E-state index is 12.9. The third kappa shape index (κ3) is 3.66. The molecular formula is C15H21F3N2. The van der Waals surface area contributed by atoms with Crippen LogP contribution in [0.1, 0.15) is 25.8 Å². The molecule has 0 amide bonds. The minimum absolute atomic E-state index is 0.183. The molecule has 1 aliphatic heterocycles. The number of anilines is 1. The van der Waals surface area contributed by atoms with Crippen LogP contribution >= 0.6 is 0 Å². The lowest BCUT2D eigenvalue weighted by atomic mass is 10.1. The molecule has 1 unspecified atom stereocenters. The van der Waals surface area contributed by atoms with Crippen molar-refractivity contribution in [3.63, 3.8) is 0 Å². The number of para-hydroxylation sites is 1. The molecule has 2 rings (SSSR count). The van der Waals surface area contributed by atoms with E-state index in [1.54, 1.807) is 6.07 Å². The average molecular weight is 286 g/mol. The molecule has 1 aromatic carbocycles. The van der Waals surface area contributed by atoms with Gasteiger partial charge in [-0.2, -0.15) is 13.2 Å². The summed E-state index contributed by atoms with van der Waals surface area (Å²) in [7, 11) is 0. The molecule has 0 saturated carbocycles. The Labute approximate surface area is 118 Å². The second-order valence-electron chi connectivity index (χ2n) is 5.67. The van der Waals surface area contributed by atoms with Crippen molar-refractivity contribution in [2.75, 3.05) is 25.0 Å². The molecule has 5 heteroatoms. The van der Waals surface area contributed by atoms with Crippen molar-refractivity contribution in [2.45, 2.75) is 32.5 Å². The Morgan fingerprint density at radius 1 is 1.30 bits per heavy atom. The number of benzene rings is 1. The number of hydrogen-bond acceptors (Lipinski definition) is 2. The lowest BCUT2D eigenvalue weighted by Gasteiger charge is -2.21. The number of alkyl halides is 3. The van der Waals surface area contributed by atoms with E-state index in [2.05, 4.69) is 24.1 Å². The quantitative estimate of drug-likeness (QED) is 0.904. The second-order valence-corrected chi connectivity index (χ2v) is 5.67. The molecule has 1 fully saturated rings. The van der Waals surface area contributed by atoms with Crippen molar-refractivity contribution >= 4 is 5.69 Å². The number of hydrogen-bond donors (Lipinski definition) is 1. The lowest BCUT2D eigenvalue weighted by molar-refractivity contribution is -0.136. The summed E-state index contributed by atoms with van der Waals surface area (Å²) in [5.74, 6) is 0.415. The number of nitrogens with one attached hydrogen (secondary N) is 1. The number of nitrogens with zero attached hydrogens (tertiary/aromatic N) is 1. The molecule has 1 aliphatic rings. The first kappa shape index (κ1) is 15.2. The van der Waals surface area contributed by atoms with Crippen molar-refractivity contribution in [2.24, 2.45) is 5.92 Å². The van der Waals surface area contributed by atoms with Gasteiger partial charge in [0.05, 0.1) is 5.56 Å². The van der Waals surface area contributed by atoms with Crippen molar-refractivity contribution in [3.05, 3.63) is 29.8 Å². The molecule has 0 spiro atoms. The van der Waals surface area contributed by atoms with Crippen LogP contribution in [0.15, 0.2) is 24.3 Å². The summed E-state index contributed by atoms with van der Waals surface area (Å²) < 4.78 is 38.6. The first-order valence-corrected chi connectivity index (χ1v) is 7.02. The van der Waals surface area contributed by atoms with E-state index in [4.69, 9.17) is 0 Å². The van der Waals surface area contributed by atoms with Gasteiger partial charge >= 0.3 is 6.18 Å². The minimum atomic E-state index is -4.30. The summed E-state index contributed by atoms with van der Waals surface area (Å²) in [6.45, 7) is 6.88. The molecular weight excluding hydrogens is 265 g/mol. The van der Waals surface area contributed by atoms with Crippen LogP contribution in [0.3, 0.4) is 0 Å². The van der Waals surface area contributed by atoms with E-state index in [-0.39, 0.29) is 5.69 Å². The van der Waals surface area contributed by atoms with Gasteiger partial charge in [0.1, 0.15) is 0 Å². The Bertz CT molecular complexity index is 443. The van der Waals surface area contributed by atoms with E-state index in [9.17, 15) is 13.2 Å². The zero-order valence-corrected chi connectivity index (χ0v) is 11.9. The highest BCUT2D eigenvalue weighted by Crippen LogP contribution is 2.34. The zero-order chi connectivity index (χ0) is 14.8. The molecule has 0 aromatic heterocycles. The van der Waals surface area contributed by atoms with Crippen LogP contribution in [-0.4, -0.2) is 30.6 Å². The van der Waals surface area contributed by atoms with E-state index in [0.29, 0.717) is 18.5 Å². The van der Waals surface area contributed by atoms with Gasteiger partial charge in [-0.05, 0) is 44.9 Å². The molecule has 0 aliphatic carbocycles. The standard InChI is InChI=1S/C15H21F3N2/c1-11(2)20-8-7-12(10-20)9-19-14-6-4-3-5-13(14)15(16,17)18/h3-6,11-12,19H,7-10H2,1-2H3. The third-order valence-corrected chi connectivity index (χ3v) is 3.86. The van der Waals surface area contributed by atoms with Crippen LogP contribution in [0.2, 0.25) is 0 Å². The van der Waals surface area contributed by atoms with Gasteiger partial charge in [0.15, 0.2) is 0 Å². The van der Waals surface area contributed by atoms with Gasteiger partial charge in [0.2, 0.25) is 0 Å². The molecule has 1 atom stereocenters. The molecule has 1 saturated heterocycles. The fourth-order valence-corrected chi connectivity index (χ4v) is 2.64. The first-order chi connectivity index (χ1) is 9.38. The van der Waals surface area contributed by atoms with Gasteiger partial charge in [0, 0.05) is 24.8 Å². The minimum Gasteiger partial charge on any atom is -0.384 e. The summed E-state index contributed by atoms with van der Waals surface area (Å²) in [5.41, 5.74) is -0.401. The van der Waals surface area contributed by atoms with Crippen LogP contribution in [0.5, 0.6) is 0 Å². The molecule has 1 N–H and O–H groups in total. The van der Waals surface area contributed by atoms with E-state index < -0.39 is 11.7 Å². The Hall–Kier alpha value is -1.23. The fraction of sp³-hybridized carbons (Fsp3) is 0.600. The molecule has 0 radical (unpaired) electrons. The van der Waals surface area contributed by atoms with E-state index >= 15 is 0 Å². The number of halogens is 3.